The van der Waals surface area contributed by atoms with Gasteiger partial charge in [0.05, 0.1) is 0 Å². The molecule has 0 saturated carbocycles. The van der Waals surface area contributed by atoms with Crippen molar-refractivity contribution >= 4 is 0 Å². The van der Waals surface area contributed by atoms with E-state index >= 15 is 0 Å². The van der Waals surface area contributed by atoms with Gasteiger partial charge in [0.2, 0.25) is 0 Å². The Morgan fingerprint density at radius 3 is 0.500 bits per heavy atom. The summed E-state index contributed by atoms with van der Waals surface area (Å²) in [5.41, 5.74) is 0. The first-order valence-electron chi connectivity index (χ1n) is 1.50. The third kappa shape index (κ3) is 306. The Bertz CT molecular complexity index is 116. The van der Waals surface area contributed by atoms with E-state index in [1.807, 2.05) is 0 Å². The second-order valence-corrected chi connectivity index (χ2v) is 2.52. The third-order valence-electron chi connectivity index (χ3n) is 0. The molecular formula is Cr3La2O9. The van der Waals surface area contributed by atoms with Gasteiger partial charge in [0, 0.05) is 0 Å². The summed E-state index contributed by atoms with van der Waals surface area (Å²) < 4.78 is 76.9. The van der Waals surface area contributed by atoms with Crippen LogP contribution >= 0.6 is 0 Å². The molecule has 0 aromatic rings. The predicted molar refractivity (Wildman–Crippen MR) is 2.06 cm³/mol. The van der Waals surface area contributed by atoms with Crippen LogP contribution in [0.1, 0.15) is 0 Å². The van der Waals surface area contributed by atoms with Gasteiger partial charge in [-0.15, -0.1) is 0 Å². The zero-order valence-electron chi connectivity index (χ0n) is 6.05. The van der Waals surface area contributed by atoms with Crippen LogP contribution in [-0.2, 0) is 55.7 Å². The normalized spacial score (nSPS) is 7.50. The molecule has 0 bridgehead atoms. The monoisotopic (exact) mass is 578 g/mol. The van der Waals surface area contributed by atoms with Gasteiger partial charge in [0.1, 0.15) is 0 Å². The van der Waals surface area contributed by atoms with Crippen molar-refractivity contribution in [2.45, 2.75) is 0 Å². The number of hydrogen-bond acceptors (Lipinski definition) is 9. The molecule has 0 aromatic heterocycles. The van der Waals surface area contributed by atoms with Crippen LogP contribution in [0.25, 0.3) is 0 Å². The molecule has 0 atom stereocenters. The maximum atomic E-state index is 8.54. The molecule has 0 unspecified atom stereocenters. The molecule has 0 rings (SSSR count). The Hall–Kier alpha value is 3.15. The van der Waals surface area contributed by atoms with Gasteiger partial charge < -0.3 is 0 Å². The zero-order chi connectivity index (χ0) is 10.7. The van der Waals surface area contributed by atoms with E-state index in [2.05, 4.69) is 0 Å². The fourth-order valence-corrected chi connectivity index (χ4v) is 0. The van der Waals surface area contributed by atoms with Gasteiger partial charge in [0.15, 0.2) is 0 Å². The van der Waals surface area contributed by atoms with Crippen LogP contribution in [0.4, 0.5) is 0 Å². The summed E-state index contributed by atoms with van der Waals surface area (Å²) in [6, 6.07) is 0. The second kappa shape index (κ2) is 25.1. The van der Waals surface area contributed by atoms with Gasteiger partial charge in [-0.1, -0.05) is 0 Å². The maximum absolute atomic E-state index is 8.54. The van der Waals surface area contributed by atoms with E-state index in [1.165, 1.54) is 0 Å². The summed E-state index contributed by atoms with van der Waals surface area (Å²) in [5, 5.41) is 0. The molecule has 0 heterocycles. The quantitative estimate of drug-likeness (QED) is 0.269. The van der Waals surface area contributed by atoms with Crippen LogP contribution in [0, 0.1) is 71.2 Å². The first-order valence-corrected chi connectivity index (χ1v) is 6.18. The van der Waals surface area contributed by atoms with Gasteiger partial charge in [-0.2, -0.15) is 0 Å². The summed E-state index contributed by atoms with van der Waals surface area (Å²) in [6.45, 7) is 0. The van der Waals surface area contributed by atoms with Crippen molar-refractivity contribution < 1.29 is 152 Å². The minimum absolute atomic E-state index is 0. The molecule has 9 nitrogen and oxygen atoms in total. The van der Waals surface area contributed by atoms with Crippen molar-refractivity contribution in [2.24, 2.45) is 0 Å². The SMILES string of the molecule is [La+3].[La+3].[O]=[Cr]([O-])[O-].[O]=[Cr]([O-])[O-].[O]=[Cr]([O-])[O-]. The molecule has 14 heteroatoms. The Balaban J connectivity index is -0.0000000270. The van der Waals surface area contributed by atoms with Crippen molar-refractivity contribution in [2.75, 3.05) is 0 Å². The summed E-state index contributed by atoms with van der Waals surface area (Å²) in [7, 11) is 0. The fraction of sp³-hybridized carbons (Fsp3) is 0. The molecule has 14 heavy (non-hydrogen) atoms. The first kappa shape index (κ1) is 30.3. The van der Waals surface area contributed by atoms with Crippen molar-refractivity contribution in [1.82, 2.24) is 0 Å². The summed E-state index contributed by atoms with van der Waals surface area (Å²) in [5.74, 6) is 0. The molecule has 0 aliphatic carbocycles. The van der Waals surface area contributed by atoms with Crippen LogP contribution in [0.15, 0.2) is 0 Å². The van der Waals surface area contributed by atoms with Gasteiger partial charge in [0.25, 0.3) is 0 Å². The Kier molecular flexibility index (Phi) is 54.3. The molecule has 0 spiro atoms. The standard InChI is InChI=1S/3Cr.2La.9O/q;;;2*+3;;;;6*-1. The second-order valence-electron chi connectivity index (χ2n) is 0.612. The van der Waals surface area contributed by atoms with Gasteiger partial charge in [-0.05, 0) is 0 Å². The average molecular weight is 578 g/mol. The van der Waals surface area contributed by atoms with E-state index in [0.29, 0.717) is 0 Å². The van der Waals surface area contributed by atoms with E-state index in [9.17, 15) is 0 Å². The predicted octanol–water partition coefficient (Wildman–Crippen LogP) is -7.50. The van der Waals surface area contributed by atoms with E-state index in [4.69, 9.17) is 36.4 Å². The fourth-order valence-electron chi connectivity index (χ4n) is 0. The molecule has 0 aromatic carbocycles. The van der Waals surface area contributed by atoms with E-state index < -0.39 is 44.3 Å². The topological polar surface area (TPSA) is 190 Å². The Labute approximate surface area is 149 Å². The van der Waals surface area contributed by atoms with Crippen molar-refractivity contribution in [3.8, 4) is 0 Å². The molecule has 0 saturated heterocycles. The minimum atomic E-state index is -3.79. The number of rotatable bonds is 0. The summed E-state index contributed by atoms with van der Waals surface area (Å²) in [6.07, 6.45) is 0. The Morgan fingerprint density at radius 2 is 0.500 bits per heavy atom. The summed E-state index contributed by atoms with van der Waals surface area (Å²) >= 11 is -11.4. The Morgan fingerprint density at radius 1 is 0.500 bits per heavy atom. The molecule has 0 radical (unpaired) electrons. The molecule has 0 aliphatic heterocycles. The molecule has 78 valence electrons. The van der Waals surface area contributed by atoms with Crippen LogP contribution in [0.2, 0.25) is 0 Å². The zero-order valence-corrected chi connectivity index (χ0v) is 17.1. The van der Waals surface area contributed by atoms with E-state index in [1.54, 1.807) is 0 Å². The van der Waals surface area contributed by atoms with Gasteiger partial charge >= 0.3 is 152 Å². The third-order valence-corrected chi connectivity index (χ3v) is 0. The van der Waals surface area contributed by atoms with Gasteiger partial charge in [-0.25, -0.2) is 0 Å². The van der Waals surface area contributed by atoms with Crippen molar-refractivity contribution in [1.29, 1.82) is 0 Å². The molecule has 0 aliphatic rings. The van der Waals surface area contributed by atoms with E-state index in [-0.39, 0.29) is 71.2 Å². The molecule has 0 fully saturated rings. The van der Waals surface area contributed by atoms with Crippen LogP contribution in [-0.4, -0.2) is 0 Å². The van der Waals surface area contributed by atoms with Crippen LogP contribution < -0.4 is 24.9 Å². The van der Waals surface area contributed by atoms with Crippen LogP contribution in [0.3, 0.4) is 0 Å². The summed E-state index contributed by atoms with van der Waals surface area (Å²) in [4.78, 5) is 0. The molecule has 0 N–H and O–H groups in total. The van der Waals surface area contributed by atoms with E-state index in [0.717, 1.165) is 0 Å². The molecular weight excluding hydrogens is 578 g/mol. The van der Waals surface area contributed by atoms with Gasteiger partial charge in [-0.3, -0.25) is 0 Å². The van der Waals surface area contributed by atoms with Crippen molar-refractivity contribution in [3.63, 3.8) is 0 Å². The first-order chi connectivity index (χ1) is 5.20. The number of hydrogen-bond donors (Lipinski definition) is 0. The average Bonchev–Trinajstić information content (AvgIpc) is 1.54. The molecule has 0 amide bonds. The van der Waals surface area contributed by atoms with Crippen LogP contribution in [0.5, 0.6) is 0 Å². The van der Waals surface area contributed by atoms with Crippen molar-refractivity contribution in [3.05, 3.63) is 0 Å².